The predicted octanol–water partition coefficient (Wildman–Crippen LogP) is 4.18. The fourth-order valence-corrected chi connectivity index (χ4v) is 4.60. The molecular weight excluding hydrogens is 367 g/mol. The van der Waals surface area contributed by atoms with Crippen molar-refractivity contribution in [2.75, 3.05) is 32.9 Å². The molecule has 0 aliphatic carbocycles. The van der Waals surface area contributed by atoms with Crippen LogP contribution in [0.15, 0.2) is 42.7 Å². The molecule has 3 heterocycles. The van der Waals surface area contributed by atoms with E-state index < -0.39 is 0 Å². The molecular formula is C21H24ClFN2O2. The largest absolute Gasteiger partial charge is 0.492 e. The van der Waals surface area contributed by atoms with Crippen molar-refractivity contribution in [1.82, 2.24) is 9.88 Å². The van der Waals surface area contributed by atoms with Gasteiger partial charge in [0.2, 0.25) is 0 Å². The van der Waals surface area contributed by atoms with Gasteiger partial charge in [0.15, 0.2) is 0 Å². The molecule has 0 saturated carbocycles. The zero-order valence-electron chi connectivity index (χ0n) is 15.2. The number of nitrogens with zero attached hydrogens (tertiary/aromatic N) is 2. The summed E-state index contributed by atoms with van der Waals surface area (Å²) in [5.41, 5.74) is 0.730. The van der Waals surface area contributed by atoms with Crippen LogP contribution in [0.3, 0.4) is 0 Å². The second kappa shape index (κ2) is 8.13. The van der Waals surface area contributed by atoms with Crippen LogP contribution in [0.5, 0.6) is 5.75 Å². The fourth-order valence-electron chi connectivity index (χ4n) is 4.37. The molecule has 2 aromatic rings. The molecule has 2 aliphatic heterocycles. The lowest BCUT2D eigenvalue weighted by Gasteiger charge is -2.38. The second-order valence-electron chi connectivity index (χ2n) is 7.54. The maximum absolute atomic E-state index is 14.2. The highest BCUT2D eigenvalue weighted by atomic mass is 35.5. The van der Waals surface area contributed by atoms with Crippen molar-refractivity contribution in [3.63, 3.8) is 0 Å². The SMILES string of the molecule is Fc1cccc(Cl)c1CN1CC(COc2cccnc2)C2(CCOCC2)C1. The molecule has 1 aromatic carbocycles. The first-order valence-corrected chi connectivity index (χ1v) is 9.80. The van der Waals surface area contributed by atoms with Gasteiger partial charge in [-0.1, -0.05) is 17.7 Å². The molecule has 2 fully saturated rings. The van der Waals surface area contributed by atoms with Crippen molar-refractivity contribution in [3.05, 3.63) is 59.1 Å². The number of pyridine rings is 1. The quantitative estimate of drug-likeness (QED) is 0.767. The summed E-state index contributed by atoms with van der Waals surface area (Å²) in [6.07, 6.45) is 5.50. The van der Waals surface area contributed by atoms with Crippen molar-refractivity contribution in [3.8, 4) is 5.75 Å². The highest BCUT2D eigenvalue weighted by Crippen LogP contribution is 2.45. The number of benzene rings is 1. The normalized spacial score (nSPS) is 22.2. The van der Waals surface area contributed by atoms with Gasteiger partial charge in [-0.05, 0) is 42.5 Å². The van der Waals surface area contributed by atoms with Gasteiger partial charge in [0, 0.05) is 55.5 Å². The second-order valence-corrected chi connectivity index (χ2v) is 7.95. The molecule has 6 heteroatoms. The lowest BCUT2D eigenvalue weighted by atomic mass is 9.72. The molecule has 1 atom stereocenters. The van der Waals surface area contributed by atoms with E-state index in [4.69, 9.17) is 21.1 Å². The average molecular weight is 391 g/mol. The molecule has 2 aliphatic rings. The van der Waals surface area contributed by atoms with E-state index in [-0.39, 0.29) is 11.2 Å². The highest BCUT2D eigenvalue weighted by molar-refractivity contribution is 6.31. The maximum atomic E-state index is 14.2. The van der Waals surface area contributed by atoms with Crippen LogP contribution >= 0.6 is 11.6 Å². The first-order valence-electron chi connectivity index (χ1n) is 9.42. The summed E-state index contributed by atoms with van der Waals surface area (Å²) in [4.78, 5) is 6.42. The standard InChI is InChI=1S/C21H24ClFN2O2/c22-19-4-1-5-20(23)18(19)13-25-12-16(14-27-17-3-2-8-24-11-17)21(15-25)6-9-26-10-7-21/h1-5,8,11,16H,6-7,9-10,12-15H2. The lowest BCUT2D eigenvalue weighted by Crippen LogP contribution is -2.39. The number of likely N-dealkylation sites (tertiary alicyclic amines) is 1. The number of hydrogen-bond donors (Lipinski definition) is 0. The summed E-state index contributed by atoms with van der Waals surface area (Å²) >= 11 is 6.24. The Morgan fingerprint density at radius 3 is 2.85 bits per heavy atom. The minimum absolute atomic E-state index is 0.151. The van der Waals surface area contributed by atoms with Crippen LogP contribution in [-0.4, -0.2) is 42.8 Å². The maximum Gasteiger partial charge on any atom is 0.137 e. The molecule has 1 unspecified atom stereocenters. The average Bonchev–Trinajstić information content (AvgIpc) is 3.01. The summed E-state index contributed by atoms with van der Waals surface area (Å²) in [6.45, 7) is 4.49. The van der Waals surface area contributed by atoms with Crippen LogP contribution in [-0.2, 0) is 11.3 Å². The van der Waals surface area contributed by atoms with Crippen molar-refractivity contribution in [1.29, 1.82) is 0 Å². The van der Waals surface area contributed by atoms with Gasteiger partial charge < -0.3 is 9.47 Å². The fraction of sp³-hybridized carbons (Fsp3) is 0.476. The van der Waals surface area contributed by atoms with E-state index >= 15 is 0 Å². The molecule has 0 amide bonds. The van der Waals surface area contributed by atoms with Gasteiger partial charge in [-0.3, -0.25) is 9.88 Å². The smallest absolute Gasteiger partial charge is 0.137 e. The van der Waals surface area contributed by atoms with Crippen molar-refractivity contribution < 1.29 is 13.9 Å². The molecule has 0 N–H and O–H groups in total. The number of rotatable bonds is 5. The van der Waals surface area contributed by atoms with E-state index in [0.29, 0.717) is 29.7 Å². The van der Waals surface area contributed by atoms with Crippen molar-refractivity contribution in [2.24, 2.45) is 11.3 Å². The van der Waals surface area contributed by atoms with Crippen LogP contribution in [0, 0.1) is 17.2 Å². The molecule has 1 aromatic heterocycles. The summed E-state index contributed by atoms with van der Waals surface area (Å²) in [5, 5.41) is 0.492. The minimum atomic E-state index is -0.237. The van der Waals surface area contributed by atoms with E-state index in [9.17, 15) is 4.39 Å². The Labute approximate surface area is 164 Å². The molecule has 144 valence electrons. The molecule has 4 nitrogen and oxygen atoms in total. The number of halogens is 2. The number of hydrogen-bond acceptors (Lipinski definition) is 4. The van der Waals surface area contributed by atoms with Crippen molar-refractivity contribution in [2.45, 2.75) is 19.4 Å². The Hall–Kier alpha value is -1.69. The third-order valence-electron chi connectivity index (χ3n) is 5.90. The van der Waals surface area contributed by atoms with Gasteiger partial charge in [-0.25, -0.2) is 4.39 Å². The Balaban J connectivity index is 1.49. The Bertz CT molecular complexity index is 748. The van der Waals surface area contributed by atoms with E-state index in [1.165, 1.54) is 6.07 Å². The molecule has 4 rings (SSSR count). The van der Waals surface area contributed by atoms with E-state index in [1.54, 1.807) is 24.5 Å². The highest BCUT2D eigenvalue weighted by Gasteiger charge is 2.47. The zero-order chi connectivity index (χ0) is 18.7. The van der Waals surface area contributed by atoms with E-state index in [2.05, 4.69) is 9.88 Å². The first-order chi connectivity index (χ1) is 13.2. The third-order valence-corrected chi connectivity index (χ3v) is 6.25. The predicted molar refractivity (Wildman–Crippen MR) is 102 cm³/mol. The van der Waals surface area contributed by atoms with Crippen LogP contribution in [0.4, 0.5) is 4.39 Å². The summed E-state index contributed by atoms with van der Waals surface area (Å²) in [7, 11) is 0. The first kappa shape index (κ1) is 18.7. The number of ether oxygens (including phenoxy) is 2. The van der Waals surface area contributed by atoms with E-state index in [0.717, 1.165) is 44.9 Å². The Morgan fingerprint density at radius 2 is 2.11 bits per heavy atom. The minimum Gasteiger partial charge on any atom is -0.492 e. The van der Waals surface area contributed by atoms with Gasteiger partial charge in [0.1, 0.15) is 11.6 Å². The summed E-state index contributed by atoms with van der Waals surface area (Å²) in [6, 6.07) is 8.68. The van der Waals surface area contributed by atoms with Gasteiger partial charge in [0.05, 0.1) is 12.8 Å². The Morgan fingerprint density at radius 1 is 1.26 bits per heavy atom. The van der Waals surface area contributed by atoms with Crippen molar-refractivity contribution >= 4 is 11.6 Å². The molecule has 2 saturated heterocycles. The van der Waals surface area contributed by atoms with Gasteiger partial charge in [-0.15, -0.1) is 0 Å². The Kier molecular flexibility index (Phi) is 5.62. The van der Waals surface area contributed by atoms with Crippen LogP contribution in [0.25, 0.3) is 0 Å². The molecule has 0 radical (unpaired) electrons. The van der Waals surface area contributed by atoms with Crippen LogP contribution in [0.2, 0.25) is 5.02 Å². The van der Waals surface area contributed by atoms with Gasteiger partial charge >= 0.3 is 0 Å². The molecule has 27 heavy (non-hydrogen) atoms. The monoisotopic (exact) mass is 390 g/mol. The zero-order valence-corrected chi connectivity index (χ0v) is 16.0. The van der Waals surface area contributed by atoms with Gasteiger partial charge in [0.25, 0.3) is 0 Å². The third kappa shape index (κ3) is 4.10. The lowest BCUT2D eigenvalue weighted by molar-refractivity contribution is -0.00945. The summed E-state index contributed by atoms with van der Waals surface area (Å²) in [5.74, 6) is 0.918. The van der Waals surface area contributed by atoms with Crippen LogP contribution < -0.4 is 4.74 Å². The van der Waals surface area contributed by atoms with E-state index in [1.807, 2.05) is 12.1 Å². The molecule has 1 spiro atoms. The molecule has 0 bridgehead atoms. The number of aromatic nitrogens is 1. The summed E-state index contributed by atoms with van der Waals surface area (Å²) < 4.78 is 25.9. The topological polar surface area (TPSA) is 34.6 Å². The van der Waals surface area contributed by atoms with Crippen LogP contribution in [0.1, 0.15) is 18.4 Å². The van der Waals surface area contributed by atoms with Gasteiger partial charge in [-0.2, -0.15) is 0 Å².